The summed E-state index contributed by atoms with van der Waals surface area (Å²) in [7, 11) is 0. The highest BCUT2D eigenvalue weighted by atomic mass is 16.2. The van der Waals surface area contributed by atoms with E-state index >= 15 is 0 Å². The van der Waals surface area contributed by atoms with Crippen LogP contribution in [0.25, 0.3) is 10.9 Å². The predicted octanol–water partition coefficient (Wildman–Crippen LogP) is 3.08. The van der Waals surface area contributed by atoms with Gasteiger partial charge < -0.3 is 15.6 Å². The lowest BCUT2D eigenvalue weighted by atomic mass is 10.1. The first kappa shape index (κ1) is 17.1. The SMILES string of the molecule is CCCCCNC(=O)c1cn(C(C)C)c2cccc(N)c2c1=O. The van der Waals surface area contributed by atoms with Crippen LogP contribution in [-0.2, 0) is 0 Å². The Kier molecular flexibility index (Phi) is 5.42. The molecule has 1 heterocycles. The van der Waals surface area contributed by atoms with Gasteiger partial charge in [-0.25, -0.2) is 0 Å². The zero-order valence-corrected chi connectivity index (χ0v) is 14.1. The van der Waals surface area contributed by atoms with Crippen LogP contribution in [0.4, 0.5) is 5.69 Å². The molecule has 2 rings (SSSR count). The zero-order valence-electron chi connectivity index (χ0n) is 14.1. The second-order valence-electron chi connectivity index (χ2n) is 6.08. The number of aromatic nitrogens is 1. The molecular formula is C18H25N3O2. The second kappa shape index (κ2) is 7.31. The average molecular weight is 315 g/mol. The number of nitrogen functional groups attached to an aromatic ring is 1. The Morgan fingerprint density at radius 2 is 2.04 bits per heavy atom. The molecule has 1 aromatic heterocycles. The van der Waals surface area contributed by atoms with Crippen LogP contribution in [0.3, 0.4) is 0 Å². The van der Waals surface area contributed by atoms with E-state index in [4.69, 9.17) is 5.73 Å². The Labute approximate surface area is 136 Å². The molecule has 0 aliphatic heterocycles. The molecule has 5 heteroatoms. The molecule has 0 saturated carbocycles. The fourth-order valence-corrected chi connectivity index (χ4v) is 2.68. The zero-order chi connectivity index (χ0) is 17.0. The Morgan fingerprint density at radius 1 is 1.30 bits per heavy atom. The van der Waals surface area contributed by atoms with Gasteiger partial charge in [-0.15, -0.1) is 0 Å². The third-order valence-electron chi connectivity index (χ3n) is 3.96. The Morgan fingerprint density at radius 3 is 2.70 bits per heavy atom. The number of carbonyl (C=O) groups is 1. The maximum atomic E-state index is 12.7. The van der Waals surface area contributed by atoms with Gasteiger partial charge in [-0.1, -0.05) is 25.8 Å². The van der Waals surface area contributed by atoms with E-state index in [9.17, 15) is 9.59 Å². The van der Waals surface area contributed by atoms with Crippen LogP contribution in [0.2, 0.25) is 0 Å². The first-order valence-corrected chi connectivity index (χ1v) is 8.18. The van der Waals surface area contributed by atoms with E-state index in [1.54, 1.807) is 12.3 Å². The van der Waals surface area contributed by atoms with E-state index in [-0.39, 0.29) is 22.9 Å². The highest BCUT2D eigenvalue weighted by molar-refractivity contribution is 6.00. The van der Waals surface area contributed by atoms with Gasteiger partial charge in [0.05, 0.1) is 10.9 Å². The largest absolute Gasteiger partial charge is 0.398 e. The van der Waals surface area contributed by atoms with Gasteiger partial charge in [0.1, 0.15) is 5.56 Å². The molecule has 0 aliphatic rings. The number of pyridine rings is 1. The van der Waals surface area contributed by atoms with Crippen molar-refractivity contribution in [1.29, 1.82) is 0 Å². The van der Waals surface area contributed by atoms with E-state index in [1.165, 1.54) is 0 Å². The third kappa shape index (κ3) is 3.55. The summed E-state index contributed by atoms with van der Waals surface area (Å²) in [5.74, 6) is -0.328. The number of unbranched alkanes of at least 4 members (excludes halogenated alkanes) is 2. The molecule has 0 spiro atoms. The number of hydrogen-bond acceptors (Lipinski definition) is 3. The molecule has 0 radical (unpaired) electrons. The van der Waals surface area contributed by atoms with Gasteiger partial charge in [0.15, 0.2) is 0 Å². The minimum absolute atomic E-state index is 0.117. The molecule has 124 valence electrons. The summed E-state index contributed by atoms with van der Waals surface area (Å²) in [6.45, 7) is 6.71. The lowest BCUT2D eigenvalue weighted by Crippen LogP contribution is -2.31. The quantitative estimate of drug-likeness (QED) is 0.635. The van der Waals surface area contributed by atoms with Crippen LogP contribution < -0.4 is 16.5 Å². The standard InChI is InChI=1S/C18H25N3O2/c1-4-5-6-10-20-18(23)13-11-21(12(2)3)15-9-7-8-14(19)16(15)17(13)22/h7-9,11-12H,4-6,10,19H2,1-3H3,(H,20,23). The molecule has 1 aromatic carbocycles. The van der Waals surface area contributed by atoms with Crippen molar-refractivity contribution < 1.29 is 4.79 Å². The Bertz CT molecular complexity index is 763. The fourth-order valence-electron chi connectivity index (χ4n) is 2.68. The van der Waals surface area contributed by atoms with Crippen LogP contribution in [0.1, 0.15) is 56.4 Å². The van der Waals surface area contributed by atoms with Crippen molar-refractivity contribution in [2.24, 2.45) is 0 Å². The number of fused-ring (bicyclic) bond motifs is 1. The molecule has 0 bridgehead atoms. The monoisotopic (exact) mass is 315 g/mol. The Hall–Kier alpha value is -2.30. The number of benzene rings is 1. The van der Waals surface area contributed by atoms with Gasteiger partial charge in [-0.05, 0) is 32.4 Å². The number of anilines is 1. The number of amides is 1. The molecule has 0 fully saturated rings. The smallest absolute Gasteiger partial charge is 0.256 e. The third-order valence-corrected chi connectivity index (χ3v) is 3.96. The number of nitrogens with zero attached hydrogens (tertiary/aromatic N) is 1. The minimum Gasteiger partial charge on any atom is -0.398 e. The first-order valence-electron chi connectivity index (χ1n) is 8.18. The molecule has 0 saturated heterocycles. The van der Waals surface area contributed by atoms with Crippen LogP contribution in [0, 0.1) is 0 Å². The normalized spacial score (nSPS) is 11.1. The second-order valence-corrected chi connectivity index (χ2v) is 6.08. The number of carbonyl (C=O) groups excluding carboxylic acids is 1. The van der Waals surface area contributed by atoms with Gasteiger partial charge in [0.25, 0.3) is 5.91 Å². The van der Waals surface area contributed by atoms with Crippen molar-refractivity contribution in [2.45, 2.75) is 46.1 Å². The highest BCUT2D eigenvalue weighted by Gasteiger charge is 2.17. The van der Waals surface area contributed by atoms with Crippen LogP contribution >= 0.6 is 0 Å². The predicted molar refractivity (Wildman–Crippen MR) is 94.9 cm³/mol. The van der Waals surface area contributed by atoms with Crippen molar-refractivity contribution in [3.63, 3.8) is 0 Å². The van der Waals surface area contributed by atoms with Crippen molar-refractivity contribution in [3.05, 3.63) is 40.2 Å². The molecule has 1 amide bonds. The van der Waals surface area contributed by atoms with Crippen LogP contribution in [-0.4, -0.2) is 17.0 Å². The van der Waals surface area contributed by atoms with E-state index in [2.05, 4.69) is 12.2 Å². The van der Waals surface area contributed by atoms with Crippen LogP contribution in [0.5, 0.6) is 0 Å². The van der Waals surface area contributed by atoms with E-state index in [0.29, 0.717) is 17.6 Å². The number of nitrogens with two attached hydrogens (primary N) is 1. The summed E-state index contributed by atoms with van der Waals surface area (Å²) in [5, 5.41) is 3.25. The molecule has 3 N–H and O–H groups in total. The minimum atomic E-state index is -0.328. The van der Waals surface area contributed by atoms with E-state index in [1.807, 2.05) is 30.5 Å². The maximum absolute atomic E-state index is 12.7. The molecule has 0 aliphatic carbocycles. The summed E-state index contributed by atoms with van der Waals surface area (Å²) in [6.07, 6.45) is 4.70. The lowest BCUT2D eigenvalue weighted by molar-refractivity contribution is 0.0951. The lowest BCUT2D eigenvalue weighted by Gasteiger charge is -2.17. The fraction of sp³-hybridized carbons (Fsp3) is 0.444. The topological polar surface area (TPSA) is 77.1 Å². The van der Waals surface area contributed by atoms with Gasteiger partial charge in [-0.2, -0.15) is 0 Å². The van der Waals surface area contributed by atoms with Gasteiger partial charge >= 0.3 is 0 Å². The van der Waals surface area contributed by atoms with Crippen molar-refractivity contribution >= 4 is 22.5 Å². The summed E-state index contributed by atoms with van der Waals surface area (Å²) >= 11 is 0. The van der Waals surface area contributed by atoms with Gasteiger partial charge in [-0.3, -0.25) is 9.59 Å². The molecule has 23 heavy (non-hydrogen) atoms. The average Bonchev–Trinajstić information content (AvgIpc) is 2.51. The van der Waals surface area contributed by atoms with Crippen molar-refractivity contribution in [3.8, 4) is 0 Å². The Balaban J connectivity index is 2.48. The van der Waals surface area contributed by atoms with Gasteiger partial charge in [0, 0.05) is 24.5 Å². The first-order chi connectivity index (χ1) is 11.0. The summed E-state index contributed by atoms with van der Waals surface area (Å²) in [6, 6.07) is 5.49. The molecular weight excluding hydrogens is 290 g/mol. The number of rotatable bonds is 6. The molecule has 5 nitrogen and oxygen atoms in total. The number of nitrogens with one attached hydrogen (secondary N) is 1. The summed E-state index contributed by atoms with van der Waals surface area (Å²) in [4.78, 5) is 25.1. The summed E-state index contributed by atoms with van der Waals surface area (Å²) < 4.78 is 1.92. The van der Waals surface area contributed by atoms with Crippen molar-refractivity contribution in [2.75, 3.05) is 12.3 Å². The van der Waals surface area contributed by atoms with Crippen LogP contribution in [0.15, 0.2) is 29.2 Å². The summed E-state index contributed by atoms with van der Waals surface area (Å²) in [5.41, 5.74) is 7.00. The molecule has 2 aromatic rings. The molecule has 0 atom stereocenters. The van der Waals surface area contributed by atoms with E-state index < -0.39 is 0 Å². The van der Waals surface area contributed by atoms with E-state index in [0.717, 1.165) is 24.8 Å². The highest BCUT2D eigenvalue weighted by Crippen LogP contribution is 2.21. The maximum Gasteiger partial charge on any atom is 0.256 e. The van der Waals surface area contributed by atoms with Crippen molar-refractivity contribution in [1.82, 2.24) is 9.88 Å². The van der Waals surface area contributed by atoms with Gasteiger partial charge in [0.2, 0.25) is 5.43 Å². The number of hydrogen-bond donors (Lipinski definition) is 2. The molecule has 0 unspecified atom stereocenters.